The third-order valence-corrected chi connectivity index (χ3v) is 2.40. The zero-order chi connectivity index (χ0) is 12.3. The molecule has 0 amide bonds. The van der Waals surface area contributed by atoms with E-state index in [0.29, 0.717) is 6.42 Å². The fraction of sp³-hybridized carbons (Fsp3) is 0.909. The topological polar surface area (TPSA) is 65.0 Å². The van der Waals surface area contributed by atoms with E-state index in [9.17, 15) is 4.79 Å². The lowest BCUT2D eigenvalue weighted by Crippen LogP contribution is -2.30. The van der Waals surface area contributed by atoms with Gasteiger partial charge in [0, 0.05) is 13.3 Å². The van der Waals surface area contributed by atoms with Crippen LogP contribution in [0.4, 0.5) is 0 Å². The highest BCUT2D eigenvalue weighted by molar-refractivity contribution is 5.66. The number of carbonyl (C=O) groups excluding carboxylic acids is 1. The molecule has 0 saturated carbocycles. The molecule has 0 spiro atoms. The van der Waals surface area contributed by atoms with Crippen LogP contribution in [-0.4, -0.2) is 41.8 Å². The molecule has 5 nitrogen and oxygen atoms in total. The molecule has 0 aromatic carbocycles. The van der Waals surface area contributed by atoms with Crippen LogP contribution in [0.1, 0.15) is 34.1 Å². The molecule has 1 N–H and O–H groups in total. The molecule has 0 radical (unpaired) electrons. The van der Waals surface area contributed by atoms with Gasteiger partial charge in [-0.1, -0.05) is 0 Å². The Morgan fingerprint density at radius 2 is 2.00 bits per heavy atom. The highest BCUT2D eigenvalue weighted by atomic mass is 16.8. The van der Waals surface area contributed by atoms with Gasteiger partial charge in [0.25, 0.3) is 0 Å². The third kappa shape index (κ3) is 3.73. The molecule has 16 heavy (non-hydrogen) atoms. The van der Waals surface area contributed by atoms with Crippen LogP contribution in [0.15, 0.2) is 0 Å². The first-order valence-corrected chi connectivity index (χ1v) is 5.48. The van der Waals surface area contributed by atoms with E-state index in [0.717, 1.165) is 0 Å². The number of aliphatic hydroxyl groups excluding tert-OH is 1. The van der Waals surface area contributed by atoms with Crippen LogP contribution in [0.25, 0.3) is 0 Å². The fourth-order valence-corrected chi connectivity index (χ4v) is 1.92. The lowest BCUT2D eigenvalue weighted by molar-refractivity contribution is -0.154. The average molecular weight is 232 g/mol. The summed E-state index contributed by atoms with van der Waals surface area (Å²) in [6, 6.07) is 0. The number of esters is 1. The Hall–Kier alpha value is -0.650. The molecule has 5 heteroatoms. The first-order valence-electron chi connectivity index (χ1n) is 5.48. The summed E-state index contributed by atoms with van der Waals surface area (Å²) < 4.78 is 16.2. The minimum absolute atomic E-state index is 0.0963. The SMILES string of the molecule is CC(=O)O[C@H](C)C[C@H]1OC(C)(C)O[C@@H]1CO. The van der Waals surface area contributed by atoms with Crippen LogP contribution in [0.3, 0.4) is 0 Å². The van der Waals surface area contributed by atoms with Gasteiger partial charge in [-0.15, -0.1) is 0 Å². The van der Waals surface area contributed by atoms with Crippen molar-refractivity contribution in [3.05, 3.63) is 0 Å². The van der Waals surface area contributed by atoms with Crippen molar-refractivity contribution in [2.24, 2.45) is 0 Å². The minimum atomic E-state index is -0.687. The average Bonchev–Trinajstić information content (AvgIpc) is 2.38. The van der Waals surface area contributed by atoms with Gasteiger partial charge in [0.2, 0.25) is 0 Å². The van der Waals surface area contributed by atoms with Crippen molar-refractivity contribution in [2.45, 2.75) is 58.2 Å². The Morgan fingerprint density at radius 3 is 2.50 bits per heavy atom. The number of hydrogen-bond donors (Lipinski definition) is 1. The molecule has 0 unspecified atom stereocenters. The summed E-state index contributed by atoms with van der Waals surface area (Å²) in [5.74, 6) is -1.00. The van der Waals surface area contributed by atoms with Gasteiger partial charge in [-0.2, -0.15) is 0 Å². The smallest absolute Gasteiger partial charge is 0.302 e. The van der Waals surface area contributed by atoms with E-state index in [1.165, 1.54) is 6.92 Å². The number of hydrogen-bond acceptors (Lipinski definition) is 5. The third-order valence-electron chi connectivity index (χ3n) is 2.40. The molecule has 0 aromatic heterocycles. The van der Waals surface area contributed by atoms with Gasteiger partial charge in [0.15, 0.2) is 5.79 Å². The molecule has 94 valence electrons. The summed E-state index contributed by atoms with van der Waals surface area (Å²) in [7, 11) is 0. The Balaban J connectivity index is 2.49. The van der Waals surface area contributed by atoms with E-state index in [1.807, 2.05) is 0 Å². The Morgan fingerprint density at radius 1 is 1.44 bits per heavy atom. The molecular formula is C11H20O5. The van der Waals surface area contributed by atoms with Crippen LogP contribution in [0.2, 0.25) is 0 Å². The van der Waals surface area contributed by atoms with E-state index in [-0.39, 0.29) is 30.9 Å². The highest BCUT2D eigenvalue weighted by Crippen LogP contribution is 2.30. The van der Waals surface area contributed by atoms with E-state index >= 15 is 0 Å². The predicted molar refractivity (Wildman–Crippen MR) is 56.8 cm³/mol. The normalized spacial score (nSPS) is 30.1. The molecule has 0 bridgehead atoms. The molecule has 1 aliphatic rings. The number of ether oxygens (including phenoxy) is 3. The molecule has 1 saturated heterocycles. The fourth-order valence-electron chi connectivity index (χ4n) is 1.92. The second kappa shape index (κ2) is 5.12. The largest absolute Gasteiger partial charge is 0.463 e. The van der Waals surface area contributed by atoms with Crippen LogP contribution in [0.5, 0.6) is 0 Å². The number of rotatable bonds is 4. The maximum atomic E-state index is 10.8. The van der Waals surface area contributed by atoms with Crippen molar-refractivity contribution >= 4 is 5.97 Å². The predicted octanol–water partition coefficient (Wildman–Crippen LogP) is 0.840. The summed E-state index contributed by atoms with van der Waals surface area (Å²) in [4.78, 5) is 10.8. The van der Waals surface area contributed by atoms with Crippen molar-refractivity contribution in [1.82, 2.24) is 0 Å². The van der Waals surface area contributed by atoms with Gasteiger partial charge in [-0.25, -0.2) is 0 Å². The van der Waals surface area contributed by atoms with Crippen LogP contribution >= 0.6 is 0 Å². The van der Waals surface area contributed by atoms with E-state index in [1.54, 1.807) is 20.8 Å². The molecule has 1 rings (SSSR count). The van der Waals surface area contributed by atoms with Crippen molar-refractivity contribution in [1.29, 1.82) is 0 Å². The summed E-state index contributed by atoms with van der Waals surface area (Å²) in [6.07, 6.45) is -0.315. The first-order chi connectivity index (χ1) is 7.34. The van der Waals surface area contributed by atoms with Gasteiger partial charge in [0.1, 0.15) is 12.2 Å². The Bertz CT molecular complexity index is 251. The summed E-state index contributed by atoms with van der Waals surface area (Å²) >= 11 is 0. The van der Waals surface area contributed by atoms with E-state index < -0.39 is 5.79 Å². The van der Waals surface area contributed by atoms with Crippen LogP contribution in [-0.2, 0) is 19.0 Å². The molecule has 0 aliphatic carbocycles. The lowest BCUT2D eigenvalue weighted by Gasteiger charge is -2.19. The lowest BCUT2D eigenvalue weighted by atomic mass is 10.1. The van der Waals surface area contributed by atoms with E-state index in [2.05, 4.69) is 0 Å². The van der Waals surface area contributed by atoms with Gasteiger partial charge in [0.05, 0.1) is 12.7 Å². The maximum Gasteiger partial charge on any atom is 0.302 e. The zero-order valence-corrected chi connectivity index (χ0v) is 10.2. The second-order valence-corrected chi connectivity index (χ2v) is 4.55. The molecule has 1 fully saturated rings. The van der Waals surface area contributed by atoms with Gasteiger partial charge < -0.3 is 19.3 Å². The number of aliphatic hydroxyl groups is 1. The summed E-state index contributed by atoms with van der Waals surface area (Å²) in [5.41, 5.74) is 0. The minimum Gasteiger partial charge on any atom is -0.463 e. The second-order valence-electron chi connectivity index (χ2n) is 4.55. The monoisotopic (exact) mass is 232 g/mol. The molecule has 0 aromatic rings. The van der Waals surface area contributed by atoms with Gasteiger partial charge in [-0.05, 0) is 20.8 Å². The van der Waals surface area contributed by atoms with Crippen molar-refractivity contribution < 1.29 is 24.1 Å². The van der Waals surface area contributed by atoms with Gasteiger partial charge in [-0.3, -0.25) is 4.79 Å². The Kier molecular flexibility index (Phi) is 4.29. The standard InChI is InChI=1S/C11H20O5/c1-7(14-8(2)13)5-9-10(6-12)16-11(3,4)15-9/h7,9-10,12H,5-6H2,1-4H3/t7-,9-,10-/m1/s1. The Labute approximate surface area is 95.7 Å². The van der Waals surface area contributed by atoms with E-state index in [4.69, 9.17) is 19.3 Å². The summed E-state index contributed by atoms with van der Waals surface area (Å²) in [5, 5.41) is 9.15. The van der Waals surface area contributed by atoms with Crippen LogP contribution in [0, 0.1) is 0 Å². The molecule has 1 heterocycles. The molecule has 1 aliphatic heterocycles. The first kappa shape index (κ1) is 13.4. The number of carbonyl (C=O) groups is 1. The highest BCUT2D eigenvalue weighted by Gasteiger charge is 2.41. The quantitative estimate of drug-likeness (QED) is 0.728. The van der Waals surface area contributed by atoms with Crippen molar-refractivity contribution in [2.75, 3.05) is 6.61 Å². The van der Waals surface area contributed by atoms with Gasteiger partial charge >= 0.3 is 5.97 Å². The maximum absolute atomic E-state index is 10.8. The van der Waals surface area contributed by atoms with Crippen LogP contribution < -0.4 is 0 Å². The summed E-state index contributed by atoms with van der Waals surface area (Å²) in [6.45, 7) is 6.67. The molecular weight excluding hydrogens is 212 g/mol. The van der Waals surface area contributed by atoms with Crippen molar-refractivity contribution in [3.63, 3.8) is 0 Å². The zero-order valence-electron chi connectivity index (χ0n) is 10.2. The molecule has 3 atom stereocenters. The van der Waals surface area contributed by atoms with Crippen molar-refractivity contribution in [3.8, 4) is 0 Å².